The molecule has 48 heavy (non-hydrogen) atoms. The molecule has 0 saturated carbocycles. The molecule has 0 bridgehead atoms. The van der Waals surface area contributed by atoms with Crippen LogP contribution in [0.2, 0.25) is 0 Å². The Kier molecular flexibility index (Phi) is 7.73. The number of allylic oxidation sites excluding steroid dienone is 14. The highest BCUT2D eigenvalue weighted by atomic mass is 14.8. The summed E-state index contributed by atoms with van der Waals surface area (Å²) in [5, 5.41) is 5.80. The second-order valence-corrected chi connectivity index (χ2v) is 14.4. The van der Waals surface area contributed by atoms with Crippen LogP contribution < -0.4 is 20.9 Å². The number of hydrogen-bond acceptors (Lipinski definition) is 1. The molecule has 0 saturated heterocycles. The molecule has 2 aromatic rings. The molecule has 0 spiro atoms. The average Bonchev–Trinajstić information content (AvgIpc) is 3.16. The van der Waals surface area contributed by atoms with Crippen LogP contribution in [0.25, 0.3) is 22.8 Å². The molecule has 4 unspecified atom stereocenters. The molecule has 9 rings (SSSR count). The minimum Gasteiger partial charge on any atom is -0.288 e. The summed E-state index contributed by atoms with van der Waals surface area (Å²) in [6.07, 6.45) is 40.2. The van der Waals surface area contributed by atoms with Crippen molar-refractivity contribution in [3.05, 3.63) is 164 Å². The van der Waals surface area contributed by atoms with Crippen molar-refractivity contribution >= 4 is 28.5 Å². The minimum absolute atomic E-state index is 0.344. The van der Waals surface area contributed by atoms with Crippen LogP contribution in [0.3, 0.4) is 0 Å². The molecule has 1 aliphatic heterocycles. The molecule has 1 heteroatoms. The first-order chi connectivity index (χ1) is 23.8. The van der Waals surface area contributed by atoms with Gasteiger partial charge in [-0.05, 0) is 123 Å². The summed E-state index contributed by atoms with van der Waals surface area (Å²) in [6, 6.07) is 16.3. The van der Waals surface area contributed by atoms with Gasteiger partial charge in [0.1, 0.15) is 0 Å². The summed E-state index contributed by atoms with van der Waals surface area (Å²) < 4.78 is 0. The molecular weight excluding hydrogens is 579 g/mol. The molecule has 0 aromatic heterocycles. The van der Waals surface area contributed by atoms with Crippen LogP contribution in [-0.2, 0) is 6.42 Å². The molecule has 0 fully saturated rings. The second kappa shape index (κ2) is 12.5. The summed E-state index contributed by atoms with van der Waals surface area (Å²) in [5.41, 5.74) is 13.4. The Morgan fingerprint density at radius 3 is 2.38 bits per heavy atom. The molecule has 0 amide bonds. The fraction of sp³-hybridized carbons (Fsp3) is 0.298. The van der Waals surface area contributed by atoms with E-state index in [1.54, 1.807) is 11.1 Å². The molecular formula is C47H45N. The van der Waals surface area contributed by atoms with Gasteiger partial charge in [0.2, 0.25) is 0 Å². The fourth-order valence-electron chi connectivity index (χ4n) is 9.57. The highest BCUT2D eigenvalue weighted by Gasteiger charge is 2.34. The molecule has 1 heterocycles. The van der Waals surface area contributed by atoms with Crippen molar-refractivity contribution in [3.8, 4) is 0 Å². The topological polar surface area (TPSA) is 12.4 Å². The Morgan fingerprint density at radius 1 is 0.729 bits per heavy atom. The number of benzene rings is 2. The summed E-state index contributed by atoms with van der Waals surface area (Å²) in [6.45, 7) is 3.14. The Hall–Kier alpha value is -4.49. The van der Waals surface area contributed by atoms with Crippen LogP contribution in [0.5, 0.6) is 0 Å². The van der Waals surface area contributed by atoms with E-state index in [2.05, 4.69) is 128 Å². The van der Waals surface area contributed by atoms with Gasteiger partial charge in [-0.1, -0.05) is 122 Å². The SMILES string of the molecule is CCc1cccc2c1=CCCC=2C1=c2ccccc2=C(C2=CC(C3C=CC(C4CC=CC5=C4C=CCC5)=NC3)=CCC2)C2C=CC=CC12. The number of nitrogens with zero attached hydrogens (tertiary/aromatic N) is 1. The average molecular weight is 624 g/mol. The zero-order valence-corrected chi connectivity index (χ0v) is 28.2. The smallest absolute Gasteiger partial charge is 0.0496 e. The van der Waals surface area contributed by atoms with Crippen LogP contribution in [0.1, 0.15) is 57.4 Å². The maximum atomic E-state index is 5.25. The predicted molar refractivity (Wildman–Crippen MR) is 203 cm³/mol. The number of hydrogen-bond donors (Lipinski definition) is 0. The largest absolute Gasteiger partial charge is 0.288 e. The van der Waals surface area contributed by atoms with Crippen molar-refractivity contribution in [3.63, 3.8) is 0 Å². The van der Waals surface area contributed by atoms with E-state index < -0.39 is 0 Å². The summed E-state index contributed by atoms with van der Waals surface area (Å²) >= 11 is 0. The number of aryl methyl sites for hydroxylation is 1. The third-order valence-corrected chi connectivity index (χ3v) is 11.8. The lowest BCUT2D eigenvalue weighted by atomic mass is 9.67. The zero-order valence-electron chi connectivity index (χ0n) is 28.2. The lowest BCUT2D eigenvalue weighted by Crippen LogP contribution is -2.43. The van der Waals surface area contributed by atoms with E-state index in [0.717, 1.165) is 57.9 Å². The fourth-order valence-corrected chi connectivity index (χ4v) is 9.57. The van der Waals surface area contributed by atoms with Gasteiger partial charge >= 0.3 is 0 Å². The van der Waals surface area contributed by atoms with Crippen LogP contribution in [-0.4, -0.2) is 12.3 Å². The van der Waals surface area contributed by atoms with Gasteiger partial charge < -0.3 is 0 Å². The van der Waals surface area contributed by atoms with Crippen LogP contribution in [0.15, 0.2) is 143 Å². The summed E-state index contributed by atoms with van der Waals surface area (Å²) in [7, 11) is 0. The van der Waals surface area contributed by atoms with Gasteiger partial charge in [0.15, 0.2) is 0 Å². The first kappa shape index (κ1) is 29.6. The maximum Gasteiger partial charge on any atom is 0.0496 e. The van der Waals surface area contributed by atoms with E-state index in [1.807, 2.05) is 0 Å². The number of fused-ring (bicyclic) bond motifs is 3. The van der Waals surface area contributed by atoms with Gasteiger partial charge in [0, 0.05) is 35.9 Å². The maximum absolute atomic E-state index is 5.25. The summed E-state index contributed by atoms with van der Waals surface area (Å²) in [5.74, 6) is 1.45. The second-order valence-electron chi connectivity index (χ2n) is 14.4. The first-order valence-electron chi connectivity index (χ1n) is 18.5. The Balaban J connectivity index is 1.12. The van der Waals surface area contributed by atoms with Crippen molar-refractivity contribution in [1.29, 1.82) is 0 Å². The van der Waals surface area contributed by atoms with E-state index >= 15 is 0 Å². The van der Waals surface area contributed by atoms with Crippen molar-refractivity contribution in [1.82, 2.24) is 0 Å². The molecule has 2 aromatic carbocycles. The number of aliphatic imine (C=N–C) groups is 1. The zero-order chi connectivity index (χ0) is 32.0. The van der Waals surface area contributed by atoms with Gasteiger partial charge in [-0.15, -0.1) is 0 Å². The molecule has 4 atom stereocenters. The lowest BCUT2D eigenvalue weighted by molar-refractivity contribution is 0.678. The highest BCUT2D eigenvalue weighted by Crippen LogP contribution is 2.44. The van der Waals surface area contributed by atoms with E-state index in [1.165, 1.54) is 60.0 Å². The monoisotopic (exact) mass is 623 g/mol. The van der Waals surface area contributed by atoms with Gasteiger partial charge in [-0.2, -0.15) is 0 Å². The van der Waals surface area contributed by atoms with E-state index in [0.29, 0.717) is 23.7 Å². The van der Waals surface area contributed by atoms with Gasteiger partial charge in [0.25, 0.3) is 0 Å². The molecule has 0 radical (unpaired) electrons. The van der Waals surface area contributed by atoms with E-state index in [4.69, 9.17) is 4.99 Å². The highest BCUT2D eigenvalue weighted by molar-refractivity contribution is 6.00. The first-order valence-corrected chi connectivity index (χ1v) is 18.5. The normalized spacial score (nSPS) is 27.0. The Bertz CT molecular complexity index is 2230. The molecule has 0 N–H and O–H groups in total. The van der Waals surface area contributed by atoms with Crippen LogP contribution >= 0.6 is 0 Å². The van der Waals surface area contributed by atoms with Crippen LogP contribution in [0.4, 0.5) is 0 Å². The Labute approximate surface area is 285 Å². The molecule has 1 nitrogen and oxygen atoms in total. The van der Waals surface area contributed by atoms with Gasteiger partial charge in [-0.25, -0.2) is 0 Å². The molecule has 7 aliphatic rings. The van der Waals surface area contributed by atoms with E-state index in [9.17, 15) is 0 Å². The van der Waals surface area contributed by atoms with Crippen molar-refractivity contribution < 1.29 is 0 Å². The van der Waals surface area contributed by atoms with Gasteiger partial charge in [0.05, 0.1) is 0 Å². The summed E-state index contributed by atoms with van der Waals surface area (Å²) in [4.78, 5) is 5.25. The van der Waals surface area contributed by atoms with Crippen molar-refractivity contribution in [2.45, 2.75) is 58.3 Å². The quantitative estimate of drug-likeness (QED) is 0.322. The number of dihydropyridines is 1. The predicted octanol–water partition coefficient (Wildman–Crippen LogP) is 7.84. The Morgan fingerprint density at radius 2 is 1.54 bits per heavy atom. The third-order valence-electron chi connectivity index (χ3n) is 11.8. The lowest BCUT2D eigenvalue weighted by Gasteiger charge is -2.36. The standard InChI is InChI=1S/C47H45N/c1-2-31-14-10-24-38-36(31)23-12-26-40(38)47-43-21-7-5-19-41(43)46(42-20-6-8-22-44(42)47)34-17-9-16-33(29-34)35-27-28-45(48-30-35)39-25-11-15-32-13-3-4-18-37(32)39/h4-8,10-11,14-16,18-24,27-29,35,39,41,43H,2-3,9,12-13,17,25-26,30H2,1H3. The van der Waals surface area contributed by atoms with E-state index in [-0.39, 0.29) is 0 Å². The molecule has 238 valence electrons. The third kappa shape index (κ3) is 5.02. The van der Waals surface area contributed by atoms with Crippen LogP contribution in [0, 0.1) is 23.7 Å². The number of rotatable bonds is 5. The van der Waals surface area contributed by atoms with Gasteiger partial charge in [-0.3, -0.25) is 4.99 Å². The molecule has 6 aliphatic carbocycles. The minimum atomic E-state index is 0.344. The van der Waals surface area contributed by atoms with Crippen molar-refractivity contribution in [2.24, 2.45) is 28.7 Å². The van der Waals surface area contributed by atoms with Crippen molar-refractivity contribution in [2.75, 3.05) is 6.54 Å².